The van der Waals surface area contributed by atoms with Crippen LogP contribution in [-0.2, 0) is 0 Å². The number of thiophene rings is 1. The van der Waals surface area contributed by atoms with E-state index in [1.807, 2.05) is 11.4 Å². The highest BCUT2D eigenvalue weighted by Crippen LogP contribution is 2.27. The van der Waals surface area contributed by atoms with Gasteiger partial charge in [0.2, 0.25) is 0 Å². The van der Waals surface area contributed by atoms with Crippen LogP contribution in [0.15, 0.2) is 16.3 Å². The van der Waals surface area contributed by atoms with Gasteiger partial charge >= 0.3 is 0 Å². The Morgan fingerprint density at radius 2 is 2.18 bits per heavy atom. The summed E-state index contributed by atoms with van der Waals surface area (Å²) < 4.78 is 0. The van der Waals surface area contributed by atoms with Gasteiger partial charge in [-0.15, -0.1) is 24.0 Å². The number of rotatable bonds is 3. The summed E-state index contributed by atoms with van der Waals surface area (Å²) >= 11 is 5.67. The van der Waals surface area contributed by atoms with E-state index < -0.39 is 0 Å². The predicted molar refractivity (Wildman–Crippen MR) is 75.0 cm³/mol. The van der Waals surface area contributed by atoms with Crippen molar-refractivity contribution >= 4 is 29.9 Å². The van der Waals surface area contributed by atoms with Gasteiger partial charge in [0, 0.05) is 16.8 Å². The summed E-state index contributed by atoms with van der Waals surface area (Å²) in [5.41, 5.74) is 0. The Kier molecular flexibility index (Phi) is 4.51. The van der Waals surface area contributed by atoms with Crippen molar-refractivity contribution in [3.63, 3.8) is 0 Å². The Morgan fingerprint density at radius 1 is 1.47 bits per heavy atom. The van der Waals surface area contributed by atoms with Crippen LogP contribution in [0.3, 0.4) is 0 Å². The molecule has 17 heavy (non-hydrogen) atoms. The number of carbonyl (C=O) groups is 1. The van der Waals surface area contributed by atoms with Gasteiger partial charge in [0.05, 0.1) is 4.88 Å². The molecule has 4 heteroatoms. The molecule has 0 radical (unpaired) electrons. The van der Waals surface area contributed by atoms with Crippen LogP contribution >= 0.6 is 24.0 Å². The molecule has 0 saturated heterocycles. The second kappa shape index (κ2) is 5.91. The first-order valence-electron chi connectivity index (χ1n) is 6.21. The molecule has 1 N–H and O–H groups in total. The third kappa shape index (κ3) is 3.75. The van der Waals surface area contributed by atoms with Crippen molar-refractivity contribution in [2.45, 2.75) is 37.5 Å². The highest BCUT2D eigenvalue weighted by atomic mass is 32.1. The quantitative estimate of drug-likeness (QED) is 0.807. The molecule has 0 aromatic carbocycles. The number of hydrogen-bond acceptors (Lipinski definition) is 3. The molecule has 2 nitrogen and oxygen atoms in total. The van der Waals surface area contributed by atoms with E-state index in [9.17, 15) is 4.79 Å². The fraction of sp³-hybridized carbons (Fsp3) is 0.615. The van der Waals surface area contributed by atoms with E-state index in [2.05, 4.69) is 24.9 Å². The van der Waals surface area contributed by atoms with Crippen molar-refractivity contribution in [1.29, 1.82) is 0 Å². The normalized spacial score (nSPS) is 24.6. The molecule has 0 aliphatic heterocycles. The highest BCUT2D eigenvalue weighted by Gasteiger charge is 2.19. The Bertz CT molecular complexity index is 381. The highest BCUT2D eigenvalue weighted by molar-refractivity contribution is 7.80. The summed E-state index contributed by atoms with van der Waals surface area (Å²) in [4.78, 5) is 13.5. The number of nitrogens with one attached hydrogen (secondary N) is 1. The molecular formula is C13H19NOS2. The van der Waals surface area contributed by atoms with Crippen molar-refractivity contribution < 1.29 is 4.79 Å². The van der Waals surface area contributed by atoms with Crippen LogP contribution in [-0.4, -0.2) is 12.5 Å². The molecule has 1 heterocycles. The zero-order chi connectivity index (χ0) is 12.3. The lowest BCUT2D eigenvalue weighted by Gasteiger charge is -2.26. The van der Waals surface area contributed by atoms with E-state index in [4.69, 9.17) is 0 Å². The van der Waals surface area contributed by atoms with Crippen molar-refractivity contribution in [3.05, 3.63) is 16.3 Å². The number of hydrogen-bond donors (Lipinski definition) is 2. The van der Waals surface area contributed by atoms with Crippen molar-refractivity contribution in [2.24, 2.45) is 11.8 Å². The van der Waals surface area contributed by atoms with Crippen molar-refractivity contribution in [1.82, 2.24) is 5.32 Å². The molecule has 0 bridgehead atoms. The molecule has 94 valence electrons. The van der Waals surface area contributed by atoms with Gasteiger partial charge < -0.3 is 5.32 Å². The maximum atomic E-state index is 11.8. The predicted octanol–water partition coefficient (Wildman–Crippen LogP) is 3.59. The lowest BCUT2D eigenvalue weighted by molar-refractivity contribution is 0.0946. The maximum absolute atomic E-state index is 11.8. The second-order valence-corrected chi connectivity index (χ2v) is 6.43. The zero-order valence-corrected chi connectivity index (χ0v) is 11.8. The van der Waals surface area contributed by atoms with Crippen LogP contribution in [0.25, 0.3) is 0 Å². The van der Waals surface area contributed by atoms with Gasteiger partial charge in [-0.3, -0.25) is 4.79 Å². The maximum Gasteiger partial charge on any atom is 0.261 e. The Balaban J connectivity index is 1.76. The van der Waals surface area contributed by atoms with Gasteiger partial charge in [0.15, 0.2) is 0 Å². The van der Waals surface area contributed by atoms with Crippen molar-refractivity contribution in [2.75, 3.05) is 6.54 Å². The van der Waals surface area contributed by atoms with Crippen LogP contribution in [0, 0.1) is 11.8 Å². The van der Waals surface area contributed by atoms with Crippen LogP contribution < -0.4 is 5.32 Å². The fourth-order valence-electron chi connectivity index (χ4n) is 2.30. The lowest BCUT2D eigenvalue weighted by Crippen LogP contribution is -2.30. The van der Waals surface area contributed by atoms with E-state index in [1.54, 1.807) is 0 Å². The van der Waals surface area contributed by atoms with Crippen LogP contribution in [0.1, 0.15) is 42.3 Å². The van der Waals surface area contributed by atoms with E-state index >= 15 is 0 Å². The van der Waals surface area contributed by atoms with E-state index in [0.29, 0.717) is 5.92 Å². The summed E-state index contributed by atoms with van der Waals surface area (Å²) in [5, 5.41) is 4.92. The SMILES string of the molecule is CC1CCC(CNC(=O)c2cc(S)cs2)CC1. The molecule has 0 spiro atoms. The summed E-state index contributed by atoms with van der Waals surface area (Å²) in [7, 11) is 0. The summed E-state index contributed by atoms with van der Waals surface area (Å²) in [6.45, 7) is 3.14. The molecule has 1 aromatic rings. The summed E-state index contributed by atoms with van der Waals surface area (Å²) in [6.07, 6.45) is 5.12. The van der Waals surface area contributed by atoms with E-state index in [0.717, 1.165) is 22.2 Å². The average molecular weight is 269 g/mol. The van der Waals surface area contributed by atoms with Crippen molar-refractivity contribution in [3.8, 4) is 0 Å². The van der Waals surface area contributed by atoms with Gasteiger partial charge in [0.25, 0.3) is 5.91 Å². The minimum absolute atomic E-state index is 0.0499. The van der Waals surface area contributed by atoms with Crippen LogP contribution in [0.4, 0.5) is 0 Å². The number of carbonyl (C=O) groups excluding carboxylic acids is 1. The first-order valence-corrected chi connectivity index (χ1v) is 7.53. The first-order chi connectivity index (χ1) is 8.15. The minimum Gasteiger partial charge on any atom is -0.351 e. The number of amides is 1. The molecular weight excluding hydrogens is 250 g/mol. The molecule has 1 amide bonds. The molecule has 1 fully saturated rings. The van der Waals surface area contributed by atoms with Gasteiger partial charge in [0.1, 0.15) is 0 Å². The molecule has 2 rings (SSSR count). The lowest BCUT2D eigenvalue weighted by atomic mass is 9.83. The van der Waals surface area contributed by atoms with Gasteiger partial charge in [-0.25, -0.2) is 0 Å². The molecule has 0 unspecified atom stereocenters. The van der Waals surface area contributed by atoms with E-state index in [-0.39, 0.29) is 5.91 Å². The van der Waals surface area contributed by atoms with Crippen LogP contribution in [0.2, 0.25) is 0 Å². The standard InChI is InChI=1S/C13H19NOS2/c1-9-2-4-10(5-3-9)7-14-13(15)12-6-11(16)8-17-12/h6,8-10,16H,2-5,7H2,1H3,(H,14,15). The molecule has 1 aromatic heterocycles. The van der Waals surface area contributed by atoms with Gasteiger partial charge in [-0.1, -0.05) is 19.8 Å². The zero-order valence-electron chi connectivity index (χ0n) is 10.1. The van der Waals surface area contributed by atoms with Gasteiger partial charge in [-0.2, -0.15) is 0 Å². The monoisotopic (exact) mass is 269 g/mol. The third-order valence-corrected chi connectivity index (χ3v) is 4.86. The summed E-state index contributed by atoms with van der Waals surface area (Å²) in [5.74, 6) is 1.59. The molecule has 1 aliphatic rings. The third-order valence-electron chi connectivity index (χ3n) is 3.50. The largest absolute Gasteiger partial charge is 0.351 e. The van der Waals surface area contributed by atoms with Gasteiger partial charge in [-0.05, 0) is 30.7 Å². The fourth-order valence-corrected chi connectivity index (χ4v) is 3.37. The topological polar surface area (TPSA) is 29.1 Å². The molecule has 0 atom stereocenters. The first kappa shape index (κ1) is 13.0. The Labute approximate surface area is 112 Å². The Hall–Kier alpha value is -0.480. The second-order valence-electron chi connectivity index (χ2n) is 5.01. The number of thiol groups is 1. The minimum atomic E-state index is 0.0499. The molecule has 1 saturated carbocycles. The molecule has 1 aliphatic carbocycles. The van der Waals surface area contributed by atoms with E-state index in [1.165, 1.54) is 37.0 Å². The summed E-state index contributed by atoms with van der Waals surface area (Å²) in [6, 6.07) is 1.83. The smallest absolute Gasteiger partial charge is 0.261 e. The average Bonchev–Trinajstić information content (AvgIpc) is 2.75. The Morgan fingerprint density at radius 3 is 2.76 bits per heavy atom. The van der Waals surface area contributed by atoms with Crippen LogP contribution in [0.5, 0.6) is 0 Å².